The first-order valence-electron chi connectivity index (χ1n) is 4.30. The number of hydrogen-bond donors (Lipinski definition) is 0. The normalized spacial score (nSPS) is 10.4. The molecule has 0 saturated carbocycles. The zero-order valence-electron chi connectivity index (χ0n) is 7.45. The Morgan fingerprint density at radius 3 is 2.64 bits per heavy atom. The Morgan fingerprint density at radius 1 is 1.21 bits per heavy atom. The van der Waals surface area contributed by atoms with E-state index in [4.69, 9.17) is 11.6 Å². The van der Waals surface area contributed by atoms with Gasteiger partial charge in [0.2, 0.25) is 0 Å². The average Bonchev–Trinajstić information content (AvgIpc) is 2.64. The summed E-state index contributed by atoms with van der Waals surface area (Å²) >= 11 is 9.43. The molecule has 1 aromatic carbocycles. The van der Waals surface area contributed by atoms with Gasteiger partial charge in [0.25, 0.3) is 0 Å². The number of aromatic nitrogens is 1. The minimum absolute atomic E-state index is 0.773. The van der Waals surface area contributed by atoms with Crippen molar-refractivity contribution in [3.05, 3.63) is 57.8 Å². The van der Waals surface area contributed by atoms with Crippen LogP contribution in [0.3, 0.4) is 0 Å². The van der Waals surface area contributed by atoms with Gasteiger partial charge in [-0.15, -0.1) is 0 Å². The van der Waals surface area contributed by atoms with E-state index in [1.54, 1.807) is 0 Å². The average molecular weight is 271 g/mol. The number of benzene rings is 1. The van der Waals surface area contributed by atoms with Crippen molar-refractivity contribution < 1.29 is 0 Å². The Morgan fingerprint density at radius 2 is 1.93 bits per heavy atom. The number of nitrogens with zero attached hydrogens (tertiary/aromatic N) is 1. The third-order valence-corrected chi connectivity index (χ3v) is 3.04. The van der Waals surface area contributed by atoms with E-state index >= 15 is 0 Å². The molecular formula is C11H9BrClN. The molecule has 0 atom stereocenters. The second-order valence-corrected chi connectivity index (χ2v) is 4.38. The topological polar surface area (TPSA) is 4.93 Å². The molecule has 3 heteroatoms. The first-order chi connectivity index (χ1) is 6.75. The zero-order valence-corrected chi connectivity index (χ0v) is 9.79. The van der Waals surface area contributed by atoms with E-state index in [9.17, 15) is 0 Å². The van der Waals surface area contributed by atoms with Crippen molar-refractivity contribution in [3.8, 4) is 0 Å². The minimum Gasteiger partial charge on any atom is -0.350 e. The van der Waals surface area contributed by atoms with Gasteiger partial charge in [-0.2, -0.15) is 0 Å². The largest absolute Gasteiger partial charge is 0.350 e. The molecule has 0 radical (unpaired) electrons. The maximum absolute atomic E-state index is 5.93. The molecule has 72 valence electrons. The van der Waals surface area contributed by atoms with Crippen LogP contribution in [0.2, 0.25) is 5.02 Å². The fourth-order valence-corrected chi connectivity index (χ4v) is 1.90. The van der Waals surface area contributed by atoms with Crippen molar-refractivity contribution in [2.45, 2.75) is 6.54 Å². The SMILES string of the molecule is Clc1ccc(Br)c(Cn2cccc2)c1. The standard InChI is InChI=1S/C11H9BrClN/c12-11-4-3-10(13)7-9(11)8-14-5-1-2-6-14/h1-7H,8H2. The number of hydrogen-bond acceptors (Lipinski definition) is 0. The highest BCUT2D eigenvalue weighted by Gasteiger charge is 2.00. The third kappa shape index (κ3) is 2.20. The Bertz CT molecular complexity index is 423. The van der Waals surface area contributed by atoms with Gasteiger partial charge in [-0.25, -0.2) is 0 Å². The molecule has 14 heavy (non-hydrogen) atoms. The van der Waals surface area contributed by atoms with Crippen LogP contribution < -0.4 is 0 Å². The summed E-state index contributed by atoms with van der Waals surface area (Å²) in [6.07, 6.45) is 4.07. The summed E-state index contributed by atoms with van der Waals surface area (Å²) in [7, 11) is 0. The smallest absolute Gasteiger partial charge is 0.0481 e. The zero-order chi connectivity index (χ0) is 9.97. The van der Waals surface area contributed by atoms with Gasteiger partial charge in [0.15, 0.2) is 0 Å². The van der Waals surface area contributed by atoms with Crippen molar-refractivity contribution in [2.75, 3.05) is 0 Å². The van der Waals surface area contributed by atoms with E-state index in [-0.39, 0.29) is 0 Å². The molecule has 0 N–H and O–H groups in total. The van der Waals surface area contributed by atoms with Crippen molar-refractivity contribution in [1.29, 1.82) is 0 Å². The van der Waals surface area contributed by atoms with Gasteiger partial charge in [-0.3, -0.25) is 0 Å². The Kier molecular flexibility index (Phi) is 2.94. The fourth-order valence-electron chi connectivity index (χ4n) is 1.34. The second kappa shape index (κ2) is 4.20. The lowest BCUT2D eigenvalue weighted by Crippen LogP contribution is -1.96. The van der Waals surface area contributed by atoms with E-state index in [1.165, 1.54) is 5.56 Å². The predicted molar refractivity (Wildman–Crippen MR) is 62.7 cm³/mol. The van der Waals surface area contributed by atoms with Crippen molar-refractivity contribution in [1.82, 2.24) is 4.57 Å². The molecule has 1 nitrogen and oxygen atoms in total. The molecule has 0 spiro atoms. The van der Waals surface area contributed by atoms with E-state index in [0.717, 1.165) is 16.0 Å². The Hall–Kier alpha value is -0.730. The molecule has 2 aromatic rings. The lowest BCUT2D eigenvalue weighted by Gasteiger charge is -2.06. The number of halogens is 2. The van der Waals surface area contributed by atoms with Gasteiger partial charge in [-0.05, 0) is 35.9 Å². The quantitative estimate of drug-likeness (QED) is 0.779. The Balaban J connectivity index is 2.28. The van der Waals surface area contributed by atoms with Crippen LogP contribution in [-0.4, -0.2) is 4.57 Å². The first kappa shape index (κ1) is 9.81. The molecule has 0 fully saturated rings. The van der Waals surface area contributed by atoms with Crippen LogP contribution in [0.25, 0.3) is 0 Å². The molecule has 0 aliphatic heterocycles. The highest BCUT2D eigenvalue weighted by molar-refractivity contribution is 9.10. The molecule has 0 aliphatic carbocycles. The summed E-state index contributed by atoms with van der Waals surface area (Å²) in [6.45, 7) is 0.841. The Labute approximate surface area is 96.4 Å². The summed E-state index contributed by atoms with van der Waals surface area (Å²) in [6, 6.07) is 9.86. The molecule has 0 bridgehead atoms. The van der Waals surface area contributed by atoms with Gasteiger partial charge in [0, 0.05) is 28.4 Å². The lowest BCUT2D eigenvalue weighted by atomic mass is 10.2. The van der Waals surface area contributed by atoms with Gasteiger partial charge < -0.3 is 4.57 Å². The lowest BCUT2D eigenvalue weighted by molar-refractivity contribution is 0.803. The van der Waals surface area contributed by atoms with Crippen LogP contribution in [0.15, 0.2) is 47.2 Å². The van der Waals surface area contributed by atoms with E-state index in [0.29, 0.717) is 0 Å². The van der Waals surface area contributed by atoms with Crippen LogP contribution in [0, 0.1) is 0 Å². The van der Waals surface area contributed by atoms with E-state index in [2.05, 4.69) is 20.5 Å². The van der Waals surface area contributed by atoms with Crippen LogP contribution >= 0.6 is 27.5 Å². The van der Waals surface area contributed by atoms with E-state index in [1.807, 2.05) is 42.7 Å². The third-order valence-electron chi connectivity index (χ3n) is 2.03. The predicted octanol–water partition coefficient (Wildman–Crippen LogP) is 3.95. The molecule has 1 heterocycles. The molecular weight excluding hydrogens is 261 g/mol. The van der Waals surface area contributed by atoms with Gasteiger partial charge in [-0.1, -0.05) is 27.5 Å². The van der Waals surface area contributed by atoms with Crippen LogP contribution in [0.1, 0.15) is 5.56 Å². The van der Waals surface area contributed by atoms with Crippen LogP contribution in [-0.2, 0) is 6.54 Å². The molecule has 1 aromatic heterocycles. The van der Waals surface area contributed by atoms with Gasteiger partial charge >= 0.3 is 0 Å². The molecule has 0 unspecified atom stereocenters. The summed E-state index contributed by atoms with van der Waals surface area (Å²) in [5.74, 6) is 0. The fraction of sp³-hybridized carbons (Fsp3) is 0.0909. The summed E-state index contributed by atoms with van der Waals surface area (Å²) in [4.78, 5) is 0. The molecule has 0 amide bonds. The minimum atomic E-state index is 0.773. The summed E-state index contributed by atoms with van der Waals surface area (Å²) in [5, 5.41) is 0.773. The highest BCUT2D eigenvalue weighted by Crippen LogP contribution is 2.21. The van der Waals surface area contributed by atoms with Crippen molar-refractivity contribution in [3.63, 3.8) is 0 Å². The maximum atomic E-state index is 5.93. The monoisotopic (exact) mass is 269 g/mol. The maximum Gasteiger partial charge on any atom is 0.0481 e. The van der Waals surface area contributed by atoms with Crippen LogP contribution in [0.4, 0.5) is 0 Å². The molecule has 2 rings (SSSR count). The molecule has 0 saturated heterocycles. The van der Waals surface area contributed by atoms with E-state index < -0.39 is 0 Å². The van der Waals surface area contributed by atoms with Crippen molar-refractivity contribution >= 4 is 27.5 Å². The summed E-state index contributed by atoms with van der Waals surface area (Å²) < 4.78 is 3.20. The first-order valence-corrected chi connectivity index (χ1v) is 5.47. The van der Waals surface area contributed by atoms with Crippen molar-refractivity contribution in [2.24, 2.45) is 0 Å². The van der Waals surface area contributed by atoms with Crippen LogP contribution in [0.5, 0.6) is 0 Å². The summed E-state index contributed by atoms with van der Waals surface area (Å²) in [5.41, 5.74) is 1.19. The van der Waals surface area contributed by atoms with Gasteiger partial charge in [0.1, 0.15) is 0 Å². The highest BCUT2D eigenvalue weighted by atomic mass is 79.9. The number of rotatable bonds is 2. The van der Waals surface area contributed by atoms with Gasteiger partial charge in [0.05, 0.1) is 0 Å². The molecule has 0 aliphatic rings. The second-order valence-electron chi connectivity index (χ2n) is 3.09.